The predicted octanol–water partition coefficient (Wildman–Crippen LogP) is 2.26. The molecule has 1 saturated heterocycles. The van der Waals surface area contributed by atoms with Gasteiger partial charge in [-0.05, 0) is 43.2 Å². The fourth-order valence-corrected chi connectivity index (χ4v) is 3.36. The van der Waals surface area contributed by atoms with Crippen LogP contribution in [0.15, 0.2) is 42.6 Å². The number of nitriles is 1. The Morgan fingerprint density at radius 3 is 2.61 bits per heavy atom. The Labute approximate surface area is 163 Å². The second-order valence-electron chi connectivity index (χ2n) is 7.11. The number of amides is 2. The molecule has 2 aliphatic rings. The third-order valence-electron chi connectivity index (χ3n) is 5.10. The first-order chi connectivity index (χ1) is 13.7. The summed E-state index contributed by atoms with van der Waals surface area (Å²) in [6.07, 6.45) is 3.56. The summed E-state index contributed by atoms with van der Waals surface area (Å²) >= 11 is 0. The summed E-state index contributed by atoms with van der Waals surface area (Å²) in [6.45, 7) is 2.35. The smallest absolute Gasteiger partial charge is 0.254 e. The Morgan fingerprint density at radius 1 is 1.11 bits per heavy atom. The number of benzene rings is 1. The van der Waals surface area contributed by atoms with Crippen LogP contribution in [-0.2, 0) is 4.79 Å². The summed E-state index contributed by atoms with van der Waals surface area (Å²) in [4.78, 5) is 33.0. The molecule has 2 aromatic rings. The van der Waals surface area contributed by atoms with Crippen molar-refractivity contribution in [3.8, 4) is 6.07 Å². The second kappa shape index (κ2) is 7.69. The van der Waals surface area contributed by atoms with E-state index < -0.39 is 0 Å². The van der Waals surface area contributed by atoms with Crippen molar-refractivity contribution in [2.45, 2.75) is 12.8 Å². The van der Waals surface area contributed by atoms with Crippen molar-refractivity contribution in [1.29, 1.82) is 5.26 Å². The van der Waals surface area contributed by atoms with Gasteiger partial charge in [-0.1, -0.05) is 6.07 Å². The molecular weight excluding hydrogens is 354 g/mol. The third kappa shape index (κ3) is 3.81. The molecule has 0 unspecified atom stereocenters. The van der Waals surface area contributed by atoms with E-state index in [1.807, 2.05) is 4.90 Å². The molecule has 1 aliphatic heterocycles. The van der Waals surface area contributed by atoms with Crippen LogP contribution in [-0.4, -0.2) is 47.9 Å². The van der Waals surface area contributed by atoms with Crippen LogP contribution in [0.5, 0.6) is 0 Å². The van der Waals surface area contributed by atoms with Crippen molar-refractivity contribution in [2.75, 3.05) is 36.4 Å². The zero-order valence-corrected chi connectivity index (χ0v) is 15.5. The van der Waals surface area contributed by atoms with Gasteiger partial charge in [0.2, 0.25) is 5.91 Å². The number of carbonyl (C=O) groups is 2. The van der Waals surface area contributed by atoms with Crippen LogP contribution in [0, 0.1) is 17.2 Å². The number of pyridine rings is 1. The third-order valence-corrected chi connectivity index (χ3v) is 5.10. The molecular formula is C21H21N5O2. The molecule has 1 saturated carbocycles. The van der Waals surface area contributed by atoms with Gasteiger partial charge >= 0.3 is 0 Å². The fraction of sp³-hybridized carbons (Fsp3) is 0.333. The minimum absolute atomic E-state index is 0.0295. The lowest BCUT2D eigenvalue weighted by molar-refractivity contribution is -0.117. The molecule has 0 spiro atoms. The molecule has 4 rings (SSSR count). The number of hydrogen-bond acceptors (Lipinski definition) is 5. The van der Waals surface area contributed by atoms with Gasteiger partial charge in [0.05, 0.1) is 5.56 Å². The van der Waals surface area contributed by atoms with E-state index in [0.717, 1.165) is 12.8 Å². The van der Waals surface area contributed by atoms with Crippen molar-refractivity contribution in [3.05, 3.63) is 53.7 Å². The summed E-state index contributed by atoms with van der Waals surface area (Å²) in [5, 5.41) is 12.1. The van der Waals surface area contributed by atoms with Gasteiger partial charge in [0, 0.05) is 49.5 Å². The molecule has 2 fully saturated rings. The summed E-state index contributed by atoms with van der Waals surface area (Å²) in [6, 6.07) is 12.8. The molecule has 7 heteroatoms. The summed E-state index contributed by atoms with van der Waals surface area (Å²) in [5.41, 5.74) is 1.77. The first kappa shape index (κ1) is 18.0. The Balaban J connectivity index is 1.40. The lowest BCUT2D eigenvalue weighted by atomic mass is 10.1. The number of anilines is 2. The number of carbonyl (C=O) groups excluding carboxylic acids is 2. The minimum Gasteiger partial charge on any atom is -0.352 e. The van der Waals surface area contributed by atoms with Gasteiger partial charge in [0.1, 0.15) is 11.9 Å². The lowest BCUT2D eigenvalue weighted by Crippen LogP contribution is -2.49. The van der Waals surface area contributed by atoms with E-state index in [4.69, 9.17) is 0 Å². The molecule has 0 radical (unpaired) electrons. The average Bonchev–Trinajstić information content (AvgIpc) is 3.59. The Morgan fingerprint density at radius 2 is 1.89 bits per heavy atom. The van der Waals surface area contributed by atoms with Crippen LogP contribution in [0.3, 0.4) is 0 Å². The van der Waals surface area contributed by atoms with Gasteiger partial charge in [-0.3, -0.25) is 9.59 Å². The number of rotatable bonds is 4. The Hall–Kier alpha value is -3.40. The van der Waals surface area contributed by atoms with Crippen molar-refractivity contribution in [1.82, 2.24) is 9.88 Å². The number of piperazine rings is 1. The Kier molecular flexibility index (Phi) is 4.94. The van der Waals surface area contributed by atoms with Gasteiger partial charge in [0.25, 0.3) is 5.91 Å². The second-order valence-corrected chi connectivity index (χ2v) is 7.11. The van der Waals surface area contributed by atoms with Crippen LogP contribution in [0.2, 0.25) is 0 Å². The first-order valence-electron chi connectivity index (χ1n) is 9.46. The molecule has 2 amide bonds. The first-order valence-corrected chi connectivity index (χ1v) is 9.46. The monoisotopic (exact) mass is 375 g/mol. The summed E-state index contributed by atoms with van der Waals surface area (Å²) in [5.74, 6) is 0.768. The van der Waals surface area contributed by atoms with E-state index in [0.29, 0.717) is 48.8 Å². The average molecular weight is 375 g/mol. The molecule has 1 N–H and O–H groups in total. The van der Waals surface area contributed by atoms with Crippen molar-refractivity contribution < 1.29 is 9.59 Å². The lowest BCUT2D eigenvalue weighted by Gasteiger charge is -2.35. The van der Waals surface area contributed by atoms with E-state index in [9.17, 15) is 14.9 Å². The predicted molar refractivity (Wildman–Crippen MR) is 105 cm³/mol. The fourth-order valence-electron chi connectivity index (χ4n) is 3.36. The molecule has 0 atom stereocenters. The molecule has 2 heterocycles. The highest BCUT2D eigenvalue weighted by molar-refractivity contribution is 5.98. The normalized spacial score (nSPS) is 16.4. The van der Waals surface area contributed by atoms with Gasteiger partial charge in [0.15, 0.2) is 0 Å². The maximum absolute atomic E-state index is 12.9. The highest BCUT2D eigenvalue weighted by atomic mass is 16.2. The van der Waals surface area contributed by atoms with Gasteiger partial charge < -0.3 is 15.1 Å². The number of aromatic nitrogens is 1. The van der Waals surface area contributed by atoms with Crippen LogP contribution in [0.25, 0.3) is 0 Å². The standard InChI is InChI=1S/C21H21N5O2/c22-14-17-4-2-8-23-19(17)25-9-11-26(12-10-25)21(28)16-3-1-5-18(13-16)24-20(27)15-6-7-15/h1-5,8,13,15H,6-7,9-12H2,(H,24,27). The van der Waals surface area contributed by atoms with E-state index in [1.54, 1.807) is 47.5 Å². The van der Waals surface area contributed by atoms with E-state index >= 15 is 0 Å². The largest absolute Gasteiger partial charge is 0.352 e. The molecule has 142 valence electrons. The topological polar surface area (TPSA) is 89.3 Å². The maximum Gasteiger partial charge on any atom is 0.254 e. The SMILES string of the molecule is N#Cc1cccnc1N1CCN(C(=O)c2cccc(NC(=O)C3CC3)c2)CC1. The summed E-state index contributed by atoms with van der Waals surface area (Å²) in [7, 11) is 0. The van der Waals surface area contributed by atoms with Crippen LogP contribution >= 0.6 is 0 Å². The van der Waals surface area contributed by atoms with Crippen LogP contribution in [0.4, 0.5) is 11.5 Å². The minimum atomic E-state index is -0.0521. The van der Waals surface area contributed by atoms with E-state index in [2.05, 4.69) is 16.4 Å². The highest BCUT2D eigenvalue weighted by Crippen LogP contribution is 2.30. The molecule has 1 aromatic heterocycles. The molecule has 1 aliphatic carbocycles. The van der Waals surface area contributed by atoms with Crippen molar-refractivity contribution in [2.24, 2.45) is 5.92 Å². The number of nitrogens with one attached hydrogen (secondary N) is 1. The van der Waals surface area contributed by atoms with Crippen molar-refractivity contribution >= 4 is 23.3 Å². The molecule has 0 bridgehead atoms. The number of nitrogens with zero attached hydrogens (tertiary/aromatic N) is 4. The quantitative estimate of drug-likeness (QED) is 0.885. The van der Waals surface area contributed by atoms with E-state index in [1.165, 1.54) is 0 Å². The van der Waals surface area contributed by atoms with Crippen LogP contribution < -0.4 is 10.2 Å². The molecule has 7 nitrogen and oxygen atoms in total. The van der Waals surface area contributed by atoms with Gasteiger partial charge in [-0.2, -0.15) is 5.26 Å². The van der Waals surface area contributed by atoms with Crippen molar-refractivity contribution in [3.63, 3.8) is 0 Å². The summed E-state index contributed by atoms with van der Waals surface area (Å²) < 4.78 is 0. The highest BCUT2D eigenvalue weighted by Gasteiger charge is 2.30. The Bertz CT molecular complexity index is 940. The van der Waals surface area contributed by atoms with Crippen LogP contribution in [0.1, 0.15) is 28.8 Å². The maximum atomic E-state index is 12.9. The number of hydrogen-bond donors (Lipinski definition) is 1. The van der Waals surface area contributed by atoms with Gasteiger partial charge in [-0.25, -0.2) is 4.98 Å². The zero-order chi connectivity index (χ0) is 19.5. The van der Waals surface area contributed by atoms with E-state index in [-0.39, 0.29) is 17.7 Å². The zero-order valence-electron chi connectivity index (χ0n) is 15.5. The van der Waals surface area contributed by atoms with Gasteiger partial charge in [-0.15, -0.1) is 0 Å². The molecule has 28 heavy (non-hydrogen) atoms. The molecule has 1 aromatic carbocycles.